The molecule has 0 aliphatic heterocycles. The first-order chi connectivity index (χ1) is 9.67. The molecule has 5 heteroatoms. The zero-order valence-corrected chi connectivity index (χ0v) is 12.8. The van der Waals surface area contributed by atoms with E-state index in [0.29, 0.717) is 16.7 Å². The number of nitrogens with zero attached hydrogens (tertiary/aromatic N) is 2. The van der Waals surface area contributed by atoms with Gasteiger partial charge in [-0.2, -0.15) is 0 Å². The number of halogens is 1. The monoisotopic (exact) mass is 304 g/mol. The summed E-state index contributed by atoms with van der Waals surface area (Å²) >= 11 is 7.70. The number of rotatable bonds is 3. The topological polar surface area (TPSA) is 38.9 Å². The minimum atomic E-state index is 0.443. The van der Waals surface area contributed by atoms with Gasteiger partial charge in [-0.1, -0.05) is 24.6 Å². The first-order valence-corrected chi connectivity index (χ1v) is 7.70. The van der Waals surface area contributed by atoms with Gasteiger partial charge in [0.2, 0.25) is 5.89 Å². The van der Waals surface area contributed by atoms with Crippen molar-refractivity contribution in [3.8, 4) is 11.6 Å². The Balaban J connectivity index is 2.16. The predicted octanol–water partition coefficient (Wildman–Crippen LogP) is 4.96. The molecule has 0 N–H and O–H groups in total. The van der Waals surface area contributed by atoms with Crippen LogP contribution in [0.3, 0.4) is 0 Å². The lowest BCUT2D eigenvalue weighted by atomic mass is 10.2. The number of hydrogen-bond acceptors (Lipinski definition) is 4. The van der Waals surface area contributed by atoms with Gasteiger partial charge in [-0.05, 0) is 42.5 Å². The predicted molar refractivity (Wildman–Crippen MR) is 83.4 cm³/mol. The van der Waals surface area contributed by atoms with E-state index in [-0.39, 0.29) is 0 Å². The summed E-state index contributed by atoms with van der Waals surface area (Å²) in [5.74, 6) is 1.47. The second-order valence-electron chi connectivity index (χ2n) is 4.40. The molecule has 0 bridgehead atoms. The molecule has 0 aliphatic rings. The number of benzene rings is 1. The molecule has 0 saturated heterocycles. The standard InChI is InChI=1S/C15H13ClN2OS/c1-3-20-12-6-7-13(16)18-14(12)15-17-10-8-9(2)4-5-11(10)19-15/h4-8H,3H2,1-2H3. The number of pyridine rings is 1. The molecule has 0 aliphatic carbocycles. The van der Waals surface area contributed by atoms with Crippen molar-refractivity contribution in [2.45, 2.75) is 18.7 Å². The molecular weight excluding hydrogens is 292 g/mol. The van der Waals surface area contributed by atoms with Crippen LogP contribution in [0.4, 0.5) is 0 Å². The molecular formula is C15H13ClN2OS. The fraction of sp³-hybridized carbons (Fsp3) is 0.200. The van der Waals surface area contributed by atoms with E-state index in [1.165, 1.54) is 0 Å². The molecule has 0 fully saturated rings. The number of fused-ring (bicyclic) bond motifs is 1. The molecule has 1 aromatic carbocycles. The molecule has 0 radical (unpaired) electrons. The molecule has 2 aromatic heterocycles. The van der Waals surface area contributed by atoms with Gasteiger partial charge in [0, 0.05) is 4.90 Å². The molecule has 3 rings (SSSR count). The summed E-state index contributed by atoms with van der Waals surface area (Å²) in [5.41, 5.74) is 3.46. The fourth-order valence-electron chi connectivity index (χ4n) is 1.99. The van der Waals surface area contributed by atoms with Gasteiger partial charge in [0.15, 0.2) is 5.58 Å². The molecule has 2 heterocycles. The van der Waals surface area contributed by atoms with Crippen LogP contribution in [0, 0.1) is 6.92 Å². The molecule has 20 heavy (non-hydrogen) atoms. The number of aryl methyl sites for hydroxylation is 1. The third-order valence-electron chi connectivity index (χ3n) is 2.87. The minimum Gasteiger partial charge on any atom is -0.435 e. The number of thioether (sulfide) groups is 1. The van der Waals surface area contributed by atoms with Crippen LogP contribution in [-0.4, -0.2) is 15.7 Å². The summed E-state index contributed by atoms with van der Waals surface area (Å²) in [6.45, 7) is 4.13. The van der Waals surface area contributed by atoms with E-state index in [9.17, 15) is 0 Å². The van der Waals surface area contributed by atoms with E-state index in [4.69, 9.17) is 16.0 Å². The summed E-state index contributed by atoms with van der Waals surface area (Å²) in [4.78, 5) is 9.92. The van der Waals surface area contributed by atoms with E-state index in [2.05, 4.69) is 16.9 Å². The Bertz CT molecular complexity index is 770. The molecule has 3 nitrogen and oxygen atoms in total. The van der Waals surface area contributed by atoms with Crippen LogP contribution in [-0.2, 0) is 0 Å². The fourth-order valence-corrected chi connectivity index (χ4v) is 2.88. The van der Waals surface area contributed by atoms with Crippen LogP contribution in [0.2, 0.25) is 5.15 Å². The molecule has 0 saturated carbocycles. The highest BCUT2D eigenvalue weighted by Crippen LogP contribution is 2.32. The summed E-state index contributed by atoms with van der Waals surface area (Å²) in [7, 11) is 0. The summed E-state index contributed by atoms with van der Waals surface area (Å²) in [5, 5.41) is 0.443. The lowest BCUT2D eigenvalue weighted by molar-refractivity contribution is 0.614. The van der Waals surface area contributed by atoms with Gasteiger partial charge < -0.3 is 4.42 Å². The zero-order valence-electron chi connectivity index (χ0n) is 11.2. The second-order valence-corrected chi connectivity index (χ2v) is 6.10. The highest BCUT2D eigenvalue weighted by molar-refractivity contribution is 7.99. The second kappa shape index (κ2) is 5.46. The maximum atomic E-state index is 6.00. The maximum absolute atomic E-state index is 6.00. The lowest BCUT2D eigenvalue weighted by Gasteiger charge is -2.03. The number of aromatic nitrogens is 2. The third-order valence-corrected chi connectivity index (χ3v) is 4.01. The molecule has 0 amide bonds. The van der Waals surface area contributed by atoms with Gasteiger partial charge in [-0.3, -0.25) is 0 Å². The van der Waals surface area contributed by atoms with Gasteiger partial charge >= 0.3 is 0 Å². The van der Waals surface area contributed by atoms with Crippen LogP contribution in [0.25, 0.3) is 22.7 Å². The Morgan fingerprint density at radius 1 is 1.20 bits per heavy atom. The van der Waals surface area contributed by atoms with Crippen LogP contribution >= 0.6 is 23.4 Å². The lowest BCUT2D eigenvalue weighted by Crippen LogP contribution is -1.88. The smallest absolute Gasteiger partial charge is 0.247 e. The SMILES string of the molecule is CCSc1ccc(Cl)nc1-c1nc2cc(C)ccc2o1. The van der Waals surface area contributed by atoms with E-state index in [1.54, 1.807) is 17.8 Å². The average Bonchev–Trinajstić information content (AvgIpc) is 2.83. The van der Waals surface area contributed by atoms with Crippen molar-refractivity contribution >= 4 is 34.5 Å². The molecule has 0 spiro atoms. The summed E-state index contributed by atoms with van der Waals surface area (Å²) < 4.78 is 5.81. The van der Waals surface area contributed by atoms with Crippen molar-refractivity contribution in [2.24, 2.45) is 0 Å². The minimum absolute atomic E-state index is 0.443. The Morgan fingerprint density at radius 3 is 2.85 bits per heavy atom. The van der Waals surface area contributed by atoms with Crippen LogP contribution < -0.4 is 0 Å². The Hall–Kier alpha value is -1.52. The van der Waals surface area contributed by atoms with Gasteiger partial charge in [-0.15, -0.1) is 11.8 Å². The Kier molecular flexibility index (Phi) is 3.68. The third kappa shape index (κ3) is 2.53. The largest absolute Gasteiger partial charge is 0.435 e. The zero-order chi connectivity index (χ0) is 14.1. The number of oxazole rings is 1. The Morgan fingerprint density at radius 2 is 2.05 bits per heavy atom. The van der Waals surface area contributed by atoms with Crippen molar-refractivity contribution < 1.29 is 4.42 Å². The highest BCUT2D eigenvalue weighted by Gasteiger charge is 2.15. The van der Waals surface area contributed by atoms with E-state index >= 15 is 0 Å². The summed E-state index contributed by atoms with van der Waals surface area (Å²) in [6.07, 6.45) is 0. The van der Waals surface area contributed by atoms with Crippen molar-refractivity contribution in [1.82, 2.24) is 9.97 Å². The Labute approximate surface area is 126 Å². The van der Waals surface area contributed by atoms with Gasteiger partial charge in [-0.25, -0.2) is 9.97 Å². The molecule has 102 valence electrons. The molecule has 3 aromatic rings. The van der Waals surface area contributed by atoms with Crippen molar-refractivity contribution in [2.75, 3.05) is 5.75 Å². The number of hydrogen-bond donors (Lipinski definition) is 0. The highest BCUT2D eigenvalue weighted by atomic mass is 35.5. The normalized spacial score (nSPS) is 11.2. The van der Waals surface area contributed by atoms with E-state index in [0.717, 1.165) is 27.3 Å². The van der Waals surface area contributed by atoms with Gasteiger partial charge in [0.05, 0.1) is 0 Å². The van der Waals surface area contributed by atoms with Gasteiger partial charge in [0.25, 0.3) is 0 Å². The summed E-state index contributed by atoms with van der Waals surface area (Å²) in [6, 6.07) is 9.68. The van der Waals surface area contributed by atoms with Crippen molar-refractivity contribution in [3.05, 3.63) is 41.0 Å². The van der Waals surface area contributed by atoms with E-state index < -0.39 is 0 Å². The molecule has 0 unspecified atom stereocenters. The maximum Gasteiger partial charge on any atom is 0.247 e. The van der Waals surface area contributed by atoms with Crippen LogP contribution in [0.5, 0.6) is 0 Å². The van der Waals surface area contributed by atoms with Gasteiger partial charge in [0.1, 0.15) is 16.4 Å². The van der Waals surface area contributed by atoms with Crippen LogP contribution in [0.15, 0.2) is 39.6 Å². The first-order valence-electron chi connectivity index (χ1n) is 6.34. The quantitative estimate of drug-likeness (QED) is 0.506. The van der Waals surface area contributed by atoms with E-state index in [1.807, 2.05) is 31.2 Å². The van der Waals surface area contributed by atoms with Crippen LogP contribution in [0.1, 0.15) is 12.5 Å². The van der Waals surface area contributed by atoms with Crippen molar-refractivity contribution in [1.29, 1.82) is 0 Å². The molecule has 0 atom stereocenters. The first kappa shape index (κ1) is 13.5. The average molecular weight is 305 g/mol. The van der Waals surface area contributed by atoms with Crippen molar-refractivity contribution in [3.63, 3.8) is 0 Å².